The van der Waals surface area contributed by atoms with Crippen molar-refractivity contribution < 1.29 is 19.4 Å². The van der Waals surface area contributed by atoms with E-state index >= 15 is 0 Å². The van der Waals surface area contributed by atoms with E-state index in [-0.39, 0.29) is 12.3 Å². The normalized spacial score (nSPS) is 10.9. The average Bonchev–Trinajstić information content (AvgIpc) is 2.36. The summed E-state index contributed by atoms with van der Waals surface area (Å²) in [5.74, 6) is -0.596. The minimum atomic E-state index is -1.24. The highest BCUT2D eigenvalue weighted by Crippen LogP contribution is 2.14. The van der Waals surface area contributed by atoms with Gasteiger partial charge < -0.3 is 15.2 Å². The predicted molar refractivity (Wildman–Crippen MR) is 71.2 cm³/mol. The van der Waals surface area contributed by atoms with Crippen LogP contribution >= 0.6 is 0 Å². The molecule has 104 valence electrons. The van der Waals surface area contributed by atoms with Gasteiger partial charge in [-0.15, -0.1) is 0 Å². The van der Waals surface area contributed by atoms with E-state index in [4.69, 9.17) is 9.84 Å². The minimum absolute atomic E-state index is 0.240. The van der Waals surface area contributed by atoms with Crippen LogP contribution in [0.1, 0.15) is 25.8 Å². The Morgan fingerprint density at radius 1 is 1.37 bits per heavy atom. The minimum Gasteiger partial charge on any atom is -0.497 e. The molecule has 5 heteroatoms. The van der Waals surface area contributed by atoms with Crippen LogP contribution in [0.3, 0.4) is 0 Å². The van der Waals surface area contributed by atoms with E-state index in [9.17, 15) is 9.59 Å². The Hall–Kier alpha value is -2.04. The Balaban J connectivity index is 2.52. The summed E-state index contributed by atoms with van der Waals surface area (Å²) in [5, 5.41) is 11.4. The number of ether oxygens (including phenoxy) is 1. The van der Waals surface area contributed by atoms with Crippen molar-refractivity contribution in [2.75, 3.05) is 7.11 Å². The molecular weight excluding hydrogens is 246 g/mol. The first-order valence-electron chi connectivity index (χ1n) is 6.02. The third-order valence-corrected chi connectivity index (χ3v) is 2.76. The van der Waals surface area contributed by atoms with Gasteiger partial charge in [0.2, 0.25) is 5.91 Å². The van der Waals surface area contributed by atoms with Crippen molar-refractivity contribution in [3.8, 4) is 5.75 Å². The van der Waals surface area contributed by atoms with Gasteiger partial charge in [0.1, 0.15) is 11.3 Å². The van der Waals surface area contributed by atoms with E-state index < -0.39 is 11.5 Å². The molecular formula is C14H19NO4. The quantitative estimate of drug-likeness (QED) is 0.819. The van der Waals surface area contributed by atoms with Gasteiger partial charge in [0, 0.05) is 6.42 Å². The van der Waals surface area contributed by atoms with Crippen LogP contribution in [0.25, 0.3) is 0 Å². The number of aryl methyl sites for hydroxylation is 1. The van der Waals surface area contributed by atoms with Crippen LogP contribution in [-0.4, -0.2) is 29.6 Å². The number of carboxylic acid groups (broad SMARTS) is 1. The van der Waals surface area contributed by atoms with Crippen LogP contribution in [0.15, 0.2) is 24.3 Å². The van der Waals surface area contributed by atoms with Gasteiger partial charge in [0.05, 0.1) is 7.11 Å². The van der Waals surface area contributed by atoms with Crippen molar-refractivity contribution in [1.29, 1.82) is 0 Å². The molecule has 1 aromatic carbocycles. The van der Waals surface area contributed by atoms with Crippen molar-refractivity contribution in [3.05, 3.63) is 29.8 Å². The lowest BCUT2D eigenvalue weighted by molar-refractivity contribution is -0.146. The molecule has 1 rings (SSSR count). The summed E-state index contributed by atoms with van der Waals surface area (Å²) in [6.45, 7) is 2.91. The molecule has 0 saturated carbocycles. The van der Waals surface area contributed by atoms with Gasteiger partial charge >= 0.3 is 5.97 Å². The van der Waals surface area contributed by atoms with Crippen molar-refractivity contribution in [3.63, 3.8) is 0 Å². The van der Waals surface area contributed by atoms with E-state index in [1.165, 1.54) is 13.8 Å². The number of carbonyl (C=O) groups is 2. The fourth-order valence-electron chi connectivity index (χ4n) is 1.55. The lowest BCUT2D eigenvalue weighted by atomic mass is 10.0. The zero-order valence-electron chi connectivity index (χ0n) is 11.4. The molecule has 19 heavy (non-hydrogen) atoms. The number of methoxy groups -OCH3 is 1. The number of carbonyl (C=O) groups excluding carboxylic acids is 1. The lowest BCUT2D eigenvalue weighted by Gasteiger charge is -2.20. The van der Waals surface area contributed by atoms with E-state index in [1.54, 1.807) is 7.11 Å². The van der Waals surface area contributed by atoms with E-state index in [1.807, 2.05) is 24.3 Å². The Kier molecular flexibility index (Phi) is 4.92. The number of nitrogens with one attached hydrogen (secondary N) is 1. The predicted octanol–water partition coefficient (Wildman–Crippen LogP) is 1.61. The second-order valence-corrected chi connectivity index (χ2v) is 4.83. The number of hydrogen-bond acceptors (Lipinski definition) is 3. The SMILES string of the molecule is COc1cccc(CCC(=O)NC(C)(C)C(=O)O)c1. The molecule has 0 heterocycles. The van der Waals surface area contributed by atoms with Gasteiger partial charge in [-0.05, 0) is 38.0 Å². The molecule has 1 aromatic rings. The fourth-order valence-corrected chi connectivity index (χ4v) is 1.55. The number of carboxylic acids is 1. The first-order chi connectivity index (χ1) is 8.85. The van der Waals surface area contributed by atoms with E-state index in [0.29, 0.717) is 6.42 Å². The maximum Gasteiger partial charge on any atom is 0.328 e. The maximum atomic E-state index is 11.7. The second kappa shape index (κ2) is 6.22. The number of benzene rings is 1. The standard InChI is InChI=1S/C14H19NO4/c1-14(2,13(17)18)15-12(16)8-7-10-5-4-6-11(9-10)19-3/h4-6,9H,7-8H2,1-3H3,(H,15,16)(H,17,18). The number of amides is 1. The number of aliphatic carboxylic acids is 1. The molecule has 0 radical (unpaired) electrons. The third kappa shape index (κ3) is 4.62. The highest BCUT2D eigenvalue weighted by Gasteiger charge is 2.28. The van der Waals surface area contributed by atoms with Crippen LogP contribution in [0, 0.1) is 0 Å². The number of hydrogen-bond donors (Lipinski definition) is 2. The smallest absolute Gasteiger partial charge is 0.328 e. The maximum absolute atomic E-state index is 11.7. The molecule has 5 nitrogen and oxygen atoms in total. The molecule has 0 aromatic heterocycles. The van der Waals surface area contributed by atoms with Crippen LogP contribution in [0.4, 0.5) is 0 Å². The summed E-state index contributed by atoms with van der Waals surface area (Å²) in [7, 11) is 1.58. The molecule has 0 aliphatic heterocycles. The van der Waals surface area contributed by atoms with Gasteiger partial charge in [-0.2, -0.15) is 0 Å². The second-order valence-electron chi connectivity index (χ2n) is 4.83. The molecule has 2 N–H and O–H groups in total. The van der Waals surface area contributed by atoms with Gasteiger partial charge in [-0.1, -0.05) is 12.1 Å². The summed E-state index contributed by atoms with van der Waals surface area (Å²) < 4.78 is 5.10. The highest BCUT2D eigenvalue weighted by molar-refractivity contribution is 5.86. The summed E-state index contributed by atoms with van der Waals surface area (Å²) >= 11 is 0. The third-order valence-electron chi connectivity index (χ3n) is 2.76. The monoisotopic (exact) mass is 265 g/mol. The van der Waals surface area contributed by atoms with Crippen LogP contribution in [0.2, 0.25) is 0 Å². The summed E-state index contributed by atoms with van der Waals surface area (Å²) in [6, 6.07) is 7.44. The van der Waals surface area contributed by atoms with Crippen molar-refractivity contribution in [1.82, 2.24) is 5.32 Å². The van der Waals surface area contributed by atoms with Crippen molar-refractivity contribution in [2.24, 2.45) is 0 Å². The molecule has 0 aliphatic rings. The van der Waals surface area contributed by atoms with Gasteiger partial charge in [-0.3, -0.25) is 4.79 Å². The summed E-state index contributed by atoms with van der Waals surface area (Å²) in [6.07, 6.45) is 0.780. The lowest BCUT2D eigenvalue weighted by Crippen LogP contribution is -2.49. The topological polar surface area (TPSA) is 75.6 Å². The first kappa shape index (κ1) is 15.0. The molecule has 0 bridgehead atoms. The molecule has 1 amide bonds. The Labute approximate surface area is 112 Å². The zero-order valence-corrected chi connectivity index (χ0v) is 11.4. The average molecular weight is 265 g/mol. The molecule has 0 spiro atoms. The summed E-state index contributed by atoms with van der Waals surface area (Å²) in [5.41, 5.74) is -0.270. The Morgan fingerprint density at radius 3 is 2.63 bits per heavy atom. The first-order valence-corrected chi connectivity index (χ1v) is 6.02. The largest absolute Gasteiger partial charge is 0.497 e. The van der Waals surface area contributed by atoms with Gasteiger partial charge in [0.25, 0.3) is 0 Å². The highest BCUT2D eigenvalue weighted by atomic mass is 16.5. The van der Waals surface area contributed by atoms with Crippen LogP contribution in [0.5, 0.6) is 5.75 Å². The Bertz CT molecular complexity index is 468. The molecule has 0 aliphatic carbocycles. The van der Waals surface area contributed by atoms with Crippen LogP contribution in [-0.2, 0) is 16.0 Å². The summed E-state index contributed by atoms with van der Waals surface area (Å²) in [4.78, 5) is 22.6. The van der Waals surface area contributed by atoms with Gasteiger partial charge in [-0.25, -0.2) is 4.79 Å². The van der Waals surface area contributed by atoms with E-state index in [2.05, 4.69) is 5.32 Å². The van der Waals surface area contributed by atoms with E-state index in [0.717, 1.165) is 11.3 Å². The van der Waals surface area contributed by atoms with Crippen LogP contribution < -0.4 is 10.1 Å². The fraction of sp³-hybridized carbons (Fsp3) is 0.429. The van der Waals surface area contributed by atoms with Crippen molar-refractivity contribution >= 4 is 11.9 Å². The number of rotatable bonds is 6. The Morgan fingerprint density at radius 2 is 2.05 bits per heavy atom. The molecule has 0 saturated heterocycles. The zero-order chi connectivity index (χ0) is 14.5. The molecule has 0 unspecified atom stereocenters. The van der Waals surface area contributed by atoms with Gasteiger partial charge in [0.15, 0.2) is 0 Å². The molecule has 0 fully saturated rings. The van der Waals surface area contributed by atoms with Crippen molar-refractivity contribution in [2.45, 2.75) is 32.2 Å². The molecule has 0 atom stereocenters.